The first kappa shape index (κ1) is 20.1. The Morgan fingerprint density at radius 2 is 1.94 bits per heavy atom. The molecule has 0 radical (unpaired) electrons. The molecule has 5 rings (SSSR count). The number of carbonyl (C=O) groups is 1. The lowest BCUT2D eigenvalue weighted by Gasteiger charge is -2.41. The molecular formula is C25H23FN2O2S. The topological polar surface area (TPSA) is 55.1 Å². The molecule has 1 heterocycles. The van der Waals surface area contributed by atoms with Crippen LogP contribution in [0.4, 0.5) is 4.39 Å². The number of fused-ring (bicyclic) bond motifs is 2. The van der Waals surface area contributed by atoms with Crippen molar-refractivity contribution < 1.29 is 14.3 Å². The summed E-state index contributed by atoms with van der Waals surface area (Å²) in [6.07, 6.45) is 6.51. The zero-order valence-electron chi connectivity index (χ0n) is 17.2. The van der Waals surface area contributed by atoms with Gasteiger partial charge in [0.15, 0.2) is 0 Å². The highest BCUT2D eigenvalue weighted by atomic mass is 32.2. The van der Waals surface area contributed by atoms with Gasteiger partial charge in [-0.3, -0.25) is 4.79 Å². The van der Waals surface area contributed by atoms with Crippen LogP contribution >= 0.6 is 11.8 Å². The number of aryl methyl sites for hydroxylation is 1. The van der Waals surface area contributed by atoms with E-state index in [1.807, 2.05) is 6.08 Å². The van der Waals surface area contributed by atoms with Gasteiger partial charge in [0.1, 0.15) is 5.82 Å². The van der Waals surface area contributed by atoms with Crippen LogP contribution in [-0.2, 0) is 11.2 Å². The van der Waals surface area contributed by atoms with Crippen LogP contribution in [0.5, 0.6) is 0 Å². The van der Waals surface area contributed by atoms with Crippen molar-refractivity contribution >= 4 is 23.8 Å². The van der Waals surface area contributed by atoms with Gasteiger partial charge < -0.3 is 5.11 Å². The molecule has 3 aromatic rings. The molecule has 2 atom stereocenters. The number of carboxylic acids is 1. The molecule has 2 aromatic carbocycles. The van der Waals surface area contributed by atoms with Gasteiger partial charge in [0, 0.05) is 10.1 Å². The number of aromatic nitrogens is 2. The van der Waals surface area contributed by atoms with Crippen LogP contribution in [0.3, 0.4) is 0 Å². The SMILES string of the molecule is Cc1ccc(S[C@@H]2CCC3=Cc4c(cnn4-c4ccc(F)cc4)C[C@]3(C(=O)O)C2)cc1. The van der Waals surface area contributed by atoms with Crippen LogP contribution in [0.25, 0.3) is 11.8 Å². The fourth-order valence-corrected chi connectivity index (χ4v) is 6.03. The quantitative estimate of drug-likeness (QED) is 0.574. The zero-order chi connectivity index (χ0) is 21.6. The van der Waals surface area contributed by atoms with Crippen LogP contribution in [0, 0.1) is 18.2 Å². The first-order valence-corrected chi connectivity index (χ1v) is 11.3. The molecule has 0 aliphatic heterocycles. The van der Waals surface area contributed by atoms with Crippen molar-refractivity contribution in [3.05, 3.63) is 82.9 Å². The minimum Gasteiger partial charge on any atom is -0.481 e. The molecule has 158 valence electrons. The van der Waals surface area contributed by atoms with Crippen LogP contribution in [0.1, 0.15) is 36.1 Å². The number of hydrogen-bond acceptors (Lipinski definition) is 3. The molecule has 0 unspecified atom stereocenters. The minimum atomic E-state index is -0.885. The molecular weight excluding hydrogens is 411 g/mol. The average Bonchev–Trinajstić information content (AvgIpc) is 3.16. The van der Waals surface area contributed by atoms with Crippen molar-refractivity contribution in [2.45, 2.75) is 42.8 Å². The number of rotatable bonds is 4. The molecule has 0 saturated heterocycles. The van der Waals surface area contributed by atoms with Crippen molar-refractivity contribution in [2.24, 2.45) is 5.41 Å². The molecule has 31 heavy (non-hydrogen) atoms. The number of aliphatic carboxylic acids is 1. The minimum absolute atomic E-state index is 0.254. The van der Waals surface area contributed by atoms with Crippen molar-refractivity contribution in [3.8, 4) is 5.69 Å². The van der Waals surface area contributed by atoms with Crippen LogP contribution in [0.15, 0.2) is 65.2 Å². The van der Waals surface area contributed by atoms with Gasteiger partial charge in [-0.25, -0.2) is 9.07 Å². The summed E-state index contributed by atoms with van der Waals surface area (Å²) in [6.45, 7) is 2.07. The second-order valence-corrected chi connectivity index (χ2v) is 9.85. The van der Waals surface area contributed by atoms with Gasteiger partial charge >= 0.3 is 5.97 Å². The molecule has 0 spiro atoms. The molecule has 0 bridgehead atoms. The Labute approximate surface area is 184 Å². The molecule has 0 amide bonds. The second-order valence-electron chi connectivity index (χ2n) is 8.47. The van der Waals surface area contributed by atoms with Gasteiger partial charge in [-0.2, -0.15) is 5.10 Å². The Morgan fingerprint density at radius 1 is 1.19 bits per heavy atom. The third-order valence-corrected chi connectivity index (χ3v) is 7.70. The van der Waals surface area contributed by atoms with E-state index in [0.717, 1.165) is 35.4 Å². The monoisotopic (exact) mass is 434 g/mol. The highest BCUT2D eigenvalue weighted by Crippen LogP contribution is 2.51. The summed E-state index contributed by atoms with van der Waals surface area (Å²) in [4.78, 5) is 13.7. The first-order chi connectivity index (χ1) is 14.9. The molecule has 2 aliphatic rings. The number of thioether (sulfide) groups is 1. The zero-order valence-corrected chi connectivity index (χ0v) is 18.0. The Hall–Kier alpha value is -2.86. The lowest BCUT2D eigenvalue weighted by Crippen LogP contribution is -2.42. The van der Waals surface area contributed by atoms with E-state index in [1.54, 1.807) is 34.8 Å². The maximum absolute atomic E-state index is 13.3. The average molecular weight is 435 g/mol. The van der Waals surface area contributed by atoms with Gasteiger partial charge in [0.2, 0.25) is 0 Å². The van der Waals surface area contributed by atoms with Crippen molar-refractivity contribution in [1.82, 2.24) is 9.78 Å². The fraction of sp³-hybridized carbons (Fsp3) is 0.280. The Morgan fingerprint density at radius 3 is 2.65 bits per heavy atom. The molecule has 4 nitrogen and oxygen atoms in total. The number of benzene rings is 2. The number of halogens is 1. The summed E-state index contributed by atoms with van der Waals surface area (Å²) in [5, 5.41) is 15.1. The first-order valence-electron chi connectivity index (χ1n) is 10.5. The molecule has 1 saturated carbocycles. The molecule has 2 aliphatic carbocycles. The van der Waals surface area contributed by atoms with E-state index >= 15 is 0 Å². The fourth-order valence-electron chi connectivity index (χ4n) is 4.74. The van der Waals surface area contributed by atoms with E-state index in [9.17, 15) is 14.3 Å². The Balaban J connectivity index is 1.46. The predicted molar refractivity (Wildman–Crippen MR) is 120 cm³/mol. The standard InChI is InChI=1S/C25H23FN2O2S/c1-16-2-9-21(10-3-16)31-22-11-4-18-12-23-17(13-25(18,14-22)24(29)30)15-27-28(23)20-7-5-19(26)6-8-20/h2-3,5-10,12,15,22H,4,11,13-14H2,1H3,(H,29,30)/t22-,25+/m1/s1. The second kappa shape index (κ2) is 7.68. The third kappa shape index (κ3) is 3.59. The van der Waals surface area contributed by atoms with Crippen molar-refractivity contribution in [3.63, 3.8) is 0 Å². The number of nitrogens with zero attached hydrogens (tertiary/aromatic N) is 2. The normalized spacial score (nSPS) is 22.4. The highest BCUT2D eigenvalue weighted by Gasteiger charge is 2.49. The number of hydrogen-bond donors (Lipinski definition) is 1. The number of carboxylic acid groups (broad SMARTS) is 1. The van der Waals surface area contributed by atoms with Crippen LogP contribution in [0.2, 0.25) is 0 Å². The van der Waals surface area contributed by atoms with Crippen LogP contribution < -0.4 is 0 Å². The van der Waals surface area contributed by atoms with Gasteiger partial charge in [-0.05, 0) is 80.6 Å². The van der Waals surface area contributed by atoms with Gasteiger partial charge in [-0.15, -0.1) is 11.8 Å². The van der Waals surface area contributed by atoms with E-state index < -0.39 is 11.4 Å². The van der Waals surface area contributed by atoms with E-state index in [-0.39, 0.29) is 11.1 Å². The van der Waals surface area contributed by atoms with E-state index in [4.69, 9.17) is 0 Å². The maximum atomic E-state index is 13.3. The van der Waals surface area contributed by atoms with Crippen molar-refractivity contribution in [1.29, 1.82) is 0 Å². The van der Waals surface area contributed by atoms with Crippen molar-refractivity contribution in [2.75, 3.05) is 0 Å². The van der Waals surface area contributed by atoms with Gasteiger partial charge in [-0.1, -0.05) is 23.3 Å². The Kier molecular flexibility index (Phi) is 4.97. The molecule has 1 N–H and O–H groups in total. The van der Waals surface area contributed by atoms with E-state index in [2.05, 4.69) is 36.3 Å². The smallest absolute Gasteiger partial charge is 0.314 e. The van der Waals surface area contributed by atoms with Crippen LogP contribution in [-0.4, -0.2) is 26.1 Å². The molecule has 1 fully saturated rings. The lowest BCUT2D eigenvalue weighted by atomic mass is 9.64. The summed E-state index contributed by atoms with van der Waals surface area (Å²) >= 11 is 1.78. The van der Waals surface area contributed by atoms with Gasteiger partial charge in [0.25, 0.3) is 0 Å². The van der Waals surface area contributed by atoms with Gasteiger partial charge in [0.05, 0.1) is 23.0 Å². The molecule has 6 heteroatoms. The lowest BCUT2D eigenvalue weighted by molar-refractivity contribution is -0.147. The predicted octanol–water partition coefficient (Wildman–Crippen LogP) is 5.68. The summed E-state index contributed by atoms with van der Waals surface area (Å²) in [5.74, 6) is -1.05. The molecule has 1 aromatic heterocycles. The largest absolute Gasteiger partial charge is 0.481 e. The Bertz CT molecular complexity index is 1170. The van der Waals surface area contributed by atoms with E-state index in [1.165, 1.54) is 22.6 Å². The maximum Gasteiger partial charge on any atom is 0.314 e. The van der Waals surface area contributed by atoms with E-state index in [0.29, 0.717) is 12.8 Å². The summed E-state index contributed by atoms with van der Waals surface area (Å²) in [5.41, 5.74) is 3.91. The third-order valence-electron chi connectivity index (χ3n) is 6.42. The summed E-state index contributed by atoms with van der Waals surface area (Å²) in [6, 6.07) is 14.6. The summed E-state index contributed by atoms with van der Waals surface area (Å²) < 4.78 is 15.1. The summed E-state index contributed by atoms with van der Waals surface area (Å²) in [7, 11) is 0. The highest BCUT2D eigenvalue weighted by molar-refractivity contribution is 8.00.